The number of hydrogen-bond acceptors (Lipinski definition) is 3. The number of rotatable bonds is 2. The minimum atomic E-state index is -0.379. The van der Waals surface area contributed by atoms with Crippen molar-refractivity contribution in [3.63, 3.8) is 0 Å². The molecule has 0 unspecified atom stereocenters. The third-order valence-corrected chi connectivity index (χ3v) is 4.07. The van der Waals surface area contributed by atoms with E-state index in [1.807, 2.05) is 6.92 Å². The monoisotopic (exact) mass is 317 g/mol. The molecule has 7 heteroatoms. The average molecular weight is 317 g/mol. The highest BCUT2D eigenvalue weighted by Gasteiger charge is 2.31. The Hall–Kier alpha value is -2.44. The molecule has 1 aromatic heterocycles. The Balaban J connectivity index is 1.78. The molecule has 122 valence electrons. The first kappa shape index (κ1) is 15.5. The number of carbonyl (C=O) groups is 1. The number of anilines is 1. The fourth-order valence-electron chi connectivity index (χ4n) is 2.87. The summed E-state index contributed by atoms with van der Waals surface area (Å²) >= 11 is 0. The van der Waals surface area contributed by atoms with Crippen LogP contribution in [-0.2, 0) is 6.54 Å². The minimum Gasteiger partial charge on any atom is -0.313 e. The van der Waals surface area contributed by atoms with Gasteiger partial charge in [-0.15, -0.1) is 10.2 Å². The van der Waals surface area contributed by atoms with Gasteiger partial charge < -0.3 is 14.8 Å². The van der Waals surface area contributed by atoms with E-state index < -0.39 is 0 Å². The SMILES string of the molecule is CC(C)c1nnc2n1CCN(C(=O)Nc1cccc(F)c1)[C@@H]2C. The van der Waals surface area contributed by atoms with Crippen molar-refractivity contribution in [2.24, 2.45) is 0 Å². The lowest BCUT2D eigenvalue weighted by molar-refractivity contribution is 0.172. The van der Waals surface area contributed by atoms with Crippen LogP contribution < -0.4 is 5.32 Å². The number of amides is 2. The van der Waals surface area contributed by atoms with E-state index in [0.29, 0.717) is 18.8 Å². The first-order valence-electron chi connectivity index (χ1n) is 7.73. The Morgan fingerprint density at radius 1 is 1.35 bits per heavy atom. The van der Waals surface area contributed by atoms with Crippen molar-refractivity contribution in [2.75, 3.05) is 11.9 Å². The standard InChI is InChI=1S/C16H20FN5O/c1-10(2)14-19-20-15-11(3)21(7-8-22(14)15)16(23)18-13-6-4-5-12(17)9-13/h4-6,9-11H,7-8H2,1-3H3,(H,18,23)/t11-/m1/s1. The molecule has 23 heavy (non-hydrogen) atoms. The van der Waals surface area contributed by atoms with Gasteiger partial charge in [0.1, 0.15) is 11.6 Å². The first-order chi connectivity index (χ1) is 11.0. The molecule has 1 N–H and O–H groups in total. The number of nitrogens with zero attached hydrogens (tertiary/aromatic N) is 4. The lowest BCUT2D eigenvalue weighted by atomic mass is 10.1. The van der Waals surface area contributed by atoms with Crippen molar-refractivity contribution in [1.82, 2.24) is 19.7 Å². The van der Waals surface area contributed by atoms with E-state index in [2.05, 4.69) is 33.9 Å². The quantitative estimate of drug-likeness (QED) is 0.925. The predicted molar refractivity (Wildman–Crippen MR) is 84.7 cm³/mol. The maximum atomic E-state index is 13.2. The van der Waals surface area contributed by atoms with Crippen molar-refractivity contribution in [3.05, 3.63) is 41.7 Å². The van der Waals surface area contributed by atoms with Crippen molar-refractivity contribution >= 4 is 11.7 Å². The Kier molecular flexibility index (Phi) is 4.02. The number of benzene rings is 1. The number of urea groups is 1. The number of nitrogens with one attached hydrogen (secondary N) is 1. The van der Waals surface area contributed by atoms with E-state index in [1.54, 1.807) is 17.0 Å². The fraction of sp³-hybridized carbons (Fsp3) is 0.438. The van der Waals surface area contributed by atoms with E-state index in [1.165, 1.54) is 12.1 Å². The third-order valence-electron chi connectivity index (χ3n) is 4.07. The topological polar surface area (TPSA) is 63.1 Å². The van der Waals surface area contributed by atoms with E-state index >= 15 is 0 Å². The molecule has 2 amide bonds. The molecule has 0 fully saturated rings. The van der Waals surface area contributed by atoms with Crippen LogP contribution in [0.1, 0.15) is 44.4 Å². The van der Waals surface area contributed by atoms with Gasteiger partial charge in [0.05, 0.1) is 6.04 Å². The van der Waals surface area contributed by atoms with E-state index in [0.717, 1.165) is 11.6 Å². The molecule has 0 bridgehead atoms. The molecule has 3 rings (SSSR count). The average Bonchev–Trinajstić information content (AvgIpc) is 2.92. The van der Waals surface area contributed by atoms with Crippen LogP contribution in [0.15, 0.2) is 24.3 Å². The van der Waals surface area contributed by atoms with Crippen LogP contribution in [0.3, 0.4) is 0 Å². The zero-order chi connectivity index (χ0) is 16.6. The molecule has 1 aliphatic rings. The number of carbonyl (C=O) groups excluding carboxylic acids is 1. The lowest BCUT2D eigenvalue weighted by Gasteiger charge is -2.34. The summed E-state index contributed by atoms with van der Waals surface area (Å²) in [6.45, 7) is 7.30. The third kappa shape index (κ3) is 2.91. The van der Waals surface area contributed by atoms with Crippen LogP contribution >= 0.6 is 0 Å². The highest BCUT2D eigenvalue weighted by molar-refractivity contribution is 5.89. The van der Waals surface area contributed by atoms with Crippen LogP contribution in [0.4, 0.5) is 14.9 Å². The van der Waals surface area contributed by atoms with Crippen LogP contribution in [0.25, 0.3) is 0 Å². The first-order valence-corrected chi connectivity index (χ1v) is 7.73. The summed E-state index contributed by atoms with van der Waals surface area (Å²) in [6, 6.07) is 5.42. The molecule has 0 spiro atoms. The van der Waals surface area contributed by atoms with Gasteiger partial charge in [-0.3, -0.25) is 0 Å². The fourth-order valence-corrected chi connectivity index (χ4v) is 2.87. The van der Waals surface area contributed by atoms with Crippen LogP contribution in [0, 0.1) is 5.82 Å². The minimum absolute atomic E-state index is 0.183. The second-order valence-corrected chi connectivity index (χ2v) is 6.03. The molecule has 0 saturated carbocycles. The molecule has 1 aliphatic heterocycles. The van der Waals surface area contributed by atoms with Gasteiger partial charge in [-0.25, -0.2) is 9.18 Å². The Labute approximate surface area is 134 Å². The van der Waals surface area contributed by atoms with Gasteiger partial charge in [0.15, 0.2) is 5.82 Å². The molecule has 0 saturated heterocycles. The van der Waals surface area contributed by atoms with Crippen molar-refractivity contribution < 1.29 is 9.18 Å². The van der Waals surface area contributed by atoms with Crippen molar-refractivity contribution in [2.45, 2.75) is 39.3 Å². The molecule has 6 nitrogen and oxygen atoms in total. The number of fused-ring (bicyclic) bond motifs is 1. The second kappa shape index (κ2) is 5.98. The molecule has 2 aromatic rings. The van der Waals surface area contributed by atoms with Gasteiger partial charge in [0.25, 0.3) is 0 Å². The highest BCUT2D eigenvalue weighted by Crippen LogP contribution is 2.27. The zero-order valence-corrected chi connectivity index (χ0v) is 13.5. The number of aromatic nitrogens is 3. The van der Waals surface area contributed by atoms with Gasteiger partial charge in [-0.1, -0.05) is 19.9 Å². The predicted octanol–water partition coefficient (Wildman–Crippen LogP) is 3.15. The molecule has 1 atom stereocenters. The number of halogens is 1. The van der Waals surface area contributed by atoms with Crippen molar-refractivity contribution in [3.8, 4) is 0 Å². The summed E-state index contributed by atoms with van der Waals surface area (Å²) in [5.74, 6) is 1.64. The number of hydrogen-bond donors (Lipinski definition) is 1. The van der Waals surface area contributed by atoms with Gasteiger partial charge in [0.2, 0.25) is 0 Å². The van der Waals surface area contributed by atoms with Gasteiger partial charge in [-0.05, 0) is 25.1 Å². The smallest absolute Gasteiger partial charge is 0.313 e. The highest BCUT2D eigenvalue weighted by atomic mass is 19.1. The van der Waals surface area contributed by atoms with E-state index in [4.69, 9.17) is 0 Å². The summed E-state index contributed by atoms with van der Waals surface area (Å²) in [4.78, 5) is 14.2. The van der Waals surface area contributed by atoms with Crippen LogP contribution in [0.2, 0.25) is 0 Å². The molecular weight excluding hydrogens is 297 g/mol. The summed E-state index contributed by atoms with van der Waals surface area (Å²) in [6.07, 6.45) is 0. The Morgan fingerprint density at radius 3 is 2.83 bits per heavy atom. The maximum Gasteiger partial charge on any atom is 0.322 e. The molecule has 2 heterocycles. The Morgan fingerprint density at radius 2 is 2.13 bits per heavy atom. The van der Waals surface area contributed by atoms with Crippen molar-refractivity contribution in [1.29, 1.82) is 0 Å². The van der Waals surface area contributed by atoms with Gasteiger partial charge in [-0.2, -0.15) is 0 Å². The molecule has 0 aliphatic carbocycles. The summed E-state index contributed by atoms with van der Waals surface area (Å²) in [5, 5.41) is 11.2. The summed E-state index contributed by atoms with van der Waals surface area (Å²) in [5.41, 5.74) is 0.442. The molecular formula is C16H20FN5O. The Bertz CT molecular complexity index is 727. The summed E-state index contributed by atoms with van der Waals surface area (Å²) < 4.78 is 15.3. The largest absolute Gasteiger partial charge is 0.322 e. The maximum absolute atomic E-state index is 13.2. The van der Waals surface area contributed by atoms with Crippen LogP contribution in [0.5, 0.6) is 0 Å². The van der Waals surface area contributed by atoms with Gasteiger partial charge >= 0.3 is 6.03 Å². The van der Waals surface area contributed by atoms with E-state index in [-0.39, 0.29) is 23.8 Å². The summed E-state index contributed by atoms with van der Waals surface area (Å²) in [7, 11) is 0. The molecule has 1 aromatic carbocycles. The normalized spacial score (nSPS) is 17.3. The zero-order valence-electron chi connectivity index (χ0n) is 13.5. The van der Waals surface area contributed by atoms with Crippen LogP contribution in [-0.4, -0.2) is 32.2 Å². The second-order valence-electron chi connectivity index (χ2n) is 6.03. The molecule has 0 radical (unpaired) electrons. The van der Waals surface area contributed by atoms with E-state index in [9.17, 15) is 9.18 Å². The van der Waals surface area contributed by atoms with Gasteiger partial charge in [0, 0.05) is 24.7 Å². The lowest BCUT2D eigenvalue weighted by Crippen LogP contribution is -2.43.